The zero-order valence-corrected chi connectivity index (χ0v) is 17.6. The Kier molecular flexibility index (Phi) is 6.63. The Balaban J connectivity index is 1.73. The third-order valence-electron chi connectivity index (χ3n) is 4.20. The molecule has 5 nitrogen and oxygen atoms in total. The van der Waals surface area contributed by atoms with Crippen LogP contribution in [0.25, 0.3) is 6.08 Å². The van der Waals surface area contributed by atoms with E-state index in [9.17, 15) is 9.59 Å². The predicted octanol–water partition coefficient (Wildman–Crippen LogP) is 5.48. The van der Waals surface area contributed by atoms with Crippen molar-refractivity contribution in [1.82, 2.24) is 4.90 Å². The first-order valence-corrected chi connectivity index (χ1v) is 10.2. The molecule has 1 fully saturated rings. The van der Waals surface area contributed by atoms with E-state index in [1.165, 1.54) is 4.90 Å². The van der Waals surface area contributed by atoms with E-state index >= 15 is 0 Å². The molecule has 148 valence electrons. The highest BCUT2D eigenvalue weighted by Crippen LogP contribution is 2.34. The average molecular weight is 427 g/mol. The number of hydrogen-bond donors (Lipinski definition) is 0. The summed E-state index contributed by atoms with van der Waals surface area (Å²) in [7, 11) is 0. The lowest BCUT2D eigenvalue weighted by atomic mass is 10.1. The Morgan fingerprint density at radius 1 is 1.24 bits per heavy atom. The molecule has 29 heavy (non-hydrogen) atoms. The maximum absolute atomic E-state index is 12.5. The van der Waals surface area contributed by atoms with Crippen LogP contribution >= 0.6 is 23.4 Å². The van der Waals surface area contributed by atoms with Crippen LogP contribution in [-0.4, -0.2) is 22.6 Å². The van der Waals surface area contributed by atoms with Gasteiger partial charge >= 0.3 is 0 Å². The second kappa shape index (κ2) is 9.17. The number of carbonyl (C=O) groups is 2. The number of halogens is 1. The zero-order chi connectivity index (χ0) is 21.0. The fourth-order valence-corrected chi connectivity index (χ4v) is 3.90. The van der Waals surface area contributed by atoms with Crippen molar-refractivity contribution in [3.8, 4) is 11.8 Å². The fourth-order valence-electron chi connectivity index (χ4n) is 2.81. The minimum absolute atomic E-state index is 0.208. The molecule has 1 saturated heterocycles. The number of imide groups is 1. The molecule has 3 rings (SSSR count). The standard InChI is InChI=1S/C22H19ClN2O3S/c1-14(2)12-25-21(26)20(29-22(25)27)10-15-7-8-19(18(23)9-15)28-13-17-6-4-3-5-16(17)11-24/h3-10,14H,12-13H2,1-2H3/b20-10+. The van der Waals surface area contributed by atoms with Gasteiger partial charge in [-0.3, -0.25) is 14.5 Å². The van der Waals surface area contributed by atoms with Gasteiger partial charge in [-0.05, 0) is 47.5 Å². The van der Waals surface area contributed by atoms with E-state index in [0.717, 1.165) is 17.3 Å². The first-order chi connectivity index (χ1) is 13.9. The van der Waals surface area contributed by atoms with Crippen LogP contribution in [0.3, 0.4) is 0 Å². The van der Waals surface area contributed by atoms with E-state index in [1.54, 1.807) is 36.4 Å². The molecule has 0 atom stereocenters. The molecule has 0 radical (unpaired) electrons. The fraction of sp³-hybridized carbons (Fsp3) is 0.227. The van der Waals surface area contributed by atoms with Gasteiger partial charge in [0.2, 0.25) is 0 Å². The Labute approximate surface area is 178 Å². The number of amides is 2. The van der Waals surface area contributed by atoms with Gasteiger partial charge in [-0.25, -0.2) is 0 Å². The zero-order valence-electron chi connectivity index (χ0n) is 16.0. The Bertz CT molecular complexity index is 1030. The molecule has 1 aliphatic rings. The first kappa shape index (κ1) is 21.0. The number of thioether (sulfide) groups is 1. The minimum atomic E-state index is -0.279. The number of benzene rings is 2. The molecule has 0 bridgehead atoms. The molecule has 7 heteroatoms. The van der Waals surface area contributed by atoms with Gasteiger partial charge in [-0.15, -0.1) is 0 Å². The van der Waals surface area contributed by atoms with Crippen LogP contribution in [-0.2, 0) is 11.4 Å². The van der Waals surface area contributed by atoms with Gasteiger partial charge in [0, 0.05) is 12.1 Å². The van der Waals surface area contributed by atoms with Crippen LogP contribution in [0, 0.1) is 17.2 Å². The molecule has 0 unspecified atom stereocenters. The summed E-state index contributed by atoms with van der Waals surface area (Å²) >= 11 is 7.26. The molecule has 0 aromatic heterocycles. The van der Waals surface area contributed by atoms with Crippen LogP contribution in [0.15, 0.2) is 47.4 Å². The molecular formula is C22H19ClN2O3S. The van der Waals surface area contributed by atoms with Gasteiger partial charge in [-0.1, -0.05) is 49.7 Å². The summed E-state index contributed by atoms with van der Waals surface area (Å²) < 4.78 is 5.75. The van der Waals surface area contributed by atoms with Gasteiger partial charge in [0.05, 0.1) is 21.6 Å². The Morgan fingerprint density at radius 2 is 2.00 bits per heavy atom. The number of ether oxygens (including phenoxy) is 1. The van der Waals surface area contributed by atoms with Crippen molar-refractivity contribution in [3.63, 3.8) is 0 Å². The summed E-state index contributed by atoms with van der Waals surface area (Å²) in [5.74, 6) is 0.405. The normalized spacial score (nSPS) is 15.3. The summed E-state index contributed by atoms with van der Waals surface area (Å²) in [4.78, 5) is 26.2. The SMILES string of the molecule is CC(C)CN1C(=O)S/C(=C/c2ccc(OCc3ccccc3C#N)c(Cl)c2)C1=O. The van der Waals surface area contributed by atoms with Gasteiger partial charge in [-0.2, -0.15) is 5.26 Å². The molecule has 0 spiro atoms. The summed E-state index contributed by atoms with van der Waals surface area (Å²) in [5, 5.41) is 9.29. The largest absolute Gasteiger partial charge is 0.487 e. The monoisotopic (exact) mass is 426 g/mol. The molecule has 2 aromatic carbocycles. The van der Waals surface area contributed by atoms with Gasteiger partial charge in [0.15, 0.2) is 0 Å². The number of hydrogen-bond acceptors (Lipinski definition) is 5. The van der Waals surface area contributed by atoms with Crippen molar-refractivity contribution in [2.45, 2.75) is 20.5 Å². The van der Waals surface area contributed by atoms with Crippen molar-refractivity contribution >= 4 is 40.6 Å². The Hall–Kier alpha value is -2.75. The molecular weight excluding hydrogens is 408 g/mol. The first-order valence-electron chi connectivity index (χ1n) is 9.04. The van der Waals surface area contributed by atoms with Crippen molar-refractivity contribution in [1.29, 1.82) is 5.26 Å². The van der Waals surface area contributed by atoms with Crippen molar-refractivity contribution < 1.29 is 14.3 Å². The van der Waals surface area contributed by atoms with Gasteiger partial charge in [0.25, 0.3) is 11.1 Å². The highest BCUT2D eigenvalue weighted by Gasteiger charge is 2.35. The van der Waals surface area contributed by atoms with Crippen molar-refractivity contribution in [2.75, 3.05) is 6.54 Å². The number of nitriles is 1. The lowest BCUT2D eigenvalue weighted by Crippen LogP contribution is -2.31. The van der Waals surface area contributed by atoms with E-state index in [4.69, 9.17) is 21.6 Å². The quantitative estimate of drug-likeness (QED) is 0.571. The number of carbonyl (C=O) groups excluding carboxylic acids is 2. The second-order valence-electron chi connectivity index (χ2n) is 6.93. The van der Waals surface area contributed by atoms with Crippen LogP contribution < -0.4 is 4.74 Å². The predicted molar refractivity (Wildman–Crippen MR) is 114 cm³/mol. The van der Waals surface area contributed by atoms with E-state index in [0.29, 0.717) is 33.3 Å². The smallest absolute Gasteiger partial charge is 0.293 e. The summed E-state index contributed by atoms with van der Waals surface area (Å²) in [6.07, 6.45) is 1.66. The highest BCUT2D eigenvalue weighted by atomic mass is 35.5. The average Bonchev–Trinajstić information content (AvgIpc) is 2.94. The van der Waals surface area contributed by atoms with E-state index in [-0.39, 0.29) is 23.7 Å². The lowest BCUT2D eigenvalue weighted by Gasteiger charge is -2.14. The second-order valence-corrected chi connectivity index (χ2v) is 8.33. The third-order valence-corrected chi connectivity index (χ3v) is 5.40. The van der Waals surface area contributed by atoms with Gasteiger partial charge < -0.3 is 4.74 Å². The summed E-state index contributed by atoms with van der Waals surface area (Å²) in [6.45, 7) is 4.54. The van der Waals surface area contributed by atoms with Crippen LogP contribution in [0.1, 0.15) is 30.5 Å². The van der Waals surface area contributed by atoms with Crippen molar-refractivity contribution in [2.24, 2.45) is 5.92 Å². The number of nitrogens with zero attached hydrogens (tertiary/aromatic N) is 2. The van der Waals surface area contributed by atoms with E-state index in [2.05, 4.69) is 6.07 Å². The van der Waals surface area contributed by atoms with Crippen LogP contribution in [0.4, 0.5) is 4.79 Å². The molecule has 1 aliphatic heterocycles. The number of rotatable bonds is 6. The maximum Gasteiger partial charge on any atom is 0.293 e. The topological polar surface area (TPSA) is 70.4 Å². The van der Waals surface area contributed by atoms with Crippen LogP contribution in [0.2, 0.25) is 5.02 Å². The minimum Gasteiger partial charge on any atom is -0.487 e. The van der Waals surface area contributed by atoms with Gasteiger partial charge in [0.1, 0.15) is 12.4 Å². The van der Waals surface area contributed by atoms with E-state index < -0.39 is 0 Å². The lowest BCUT2D eigenvalue weighted by molar-refractivity contribution is -0.123. The molecule has 0 aliphatic carbocycles. The molecule has 2 aromatic rings. The van der Waals surface area contributed by atoms with Crippen LogP contribution in [0.5, 0.6) is 5.75 Å². The summed E-state index contributed by atoms with van der Waals surface area (Å²) in [5.41, 5.74) is 2.03. The molecule has 1 heterocycles. The van der Waals surface area contributed by atoms with Crippen molar-refractivity contribution in [3.05, 3.63) is 69.1 Å². The van der Waals surface area contributed by atoms with E-state index in [1.807, 2.05) is 26.0 Å². The molecule has 0 N–H and O–H groups in total. The third kappa shape index (κ3) is 5.00. The summed E-state index contributed by atoms with van der Waals surface area (Å²) in [6, 6.07) is 14.5. The maximum atomic E-state index is 12.5. The molecule has 0 saturated carbocycles. The Morgan fingerprint density at radius 3 is 2.69 bits per heavy atom. The molecule has 2 amide bonds. The highest BCUT2D eigenvalue weighted by molar-refractivity contribution is 8.18.